The zero-order chi connectivity index (χ0) is 29.4. The van der Waals surface area contributed by atoms with Gasteiger partial charge in [-0.2, -0.15) is 0 Å². The van der Waals surface area contributed by atoms with E-state index in [1.165, 1.54) is 6.33 Å². The van der Waals surface area contributed by atoms with Crippen LogP contribution in [0.2, 0.25) is 0 Å². The number of hydrogen-bond donors (Lipinski definition) is 2. The number of fused-ring (bicyclic) bond motifs is 2. The first-order valence-electron chi connectivity index (χ1n) is 13.3. The summed E-state index contributed by atoms with van der Waals surface area (Å²) in [7, 11) is 1.80. The number of ether oxygens (including phenoxy) is 1. The van der Waals surface area contributed by atoms with E-state index >= 15 is 4.39 Å². The third kappa shape index (κ3) is 5.16. The lowest BCUT2D eigenvalue weighted by atomic mass is 10.0. The van der Waals surface area contributed by atoms with Gasteiger partial charge in [0.25, 0.3) is 0 Å². The molecule has 5 aromatic rings. The molecule has 11 nitrogen and oxygen atoms in total. The summed E-state index contributed by atoms with van der Waals surface area (Å²) in [5.74, 6) is 0.761. The molecule has 2 aromatic carbocycles. The Morgan fingerprint density at radius 3 is 2.83 bits per heavy atom. The molecule has 1 amide bonds. The van der Waals surface area contributed by atoms with Crippen molar-refractivity contribution in [1.29, 1.82) is 0 Å². The van der Waals surface area contributed by atoms with Gasteiger partial charge < -0.3 is 20.3 Å². The molecule has 0 spiro atoms. The van der Waals surface area contributed by atoms with Crippen molar-refractivity contribution in [2.45, 2.75) is 25.6 Å². The number of pyridine rings is 1. The fourth-order valence-electron chi connectivity index (χ4n) is 4.93. The lowest BCUT2D eigenvalue weighted by Gasteiger charge is -2.35. The third-order valence-corrected chi connectivity index (χ3v) is 7.25. The molecule has 1 fully saturated rings. The number of amides is 1. The maximum atomic E-state index is 15.6. The number of piperidine rings is 1. The molecule has 4 heterocycles. The number of aryl methyl sites for hydroxylation is 1. The van der Waals surface area contributed by atoms with Gasteiger partial charge in [-0.3, -0.25) is 4.79 Å². The summed E-state index contributed by atoms with van der Waals surface area (Å²) in [5, 5.41) is 13.7. The molecule has 3 aromatic heterocycles. The topological polar surface area (TPSA) is 123 Å². The first-order valence-corrected chi connectivity index (χ1v) is 13.3. The van der Waals surface area contributed by atoms with Crippen LogP contribution in [0.15, 0.2) is 61.4 Å². The molecule has 2 atom stereocenters. The summed E-state index contributed by atoms with van der Waals surface area (Å²) in [6, 6.07) is 11.5. The van der Waals surface area contributed by atoms with Gasteiger partial charge in [0.1, 0.15) is 40.8 Å². The van der Waals surface area contributed by atoms with Gasteiger partial charge in [0.05, 0.1) is 29.3 Å². The lowest BCUT2D eigenvalue weighted by molar-refractivity contribution is -0.117. The number of carbonyl (C=O) groups excluding carboxylic acids is 1. The number of carbonyl (C=O) groups is 1. The van der Waals surface area contributed by atoms with Crippen LogP contribution in [0.25, 0.3) is 22.1 Å². The van der Waals surface area contributed by atoms with Crippen LogP contribution in [0, 0.1) is 12.7 Å². The fraction of sp³-hybridized carbons (Fsp3) is 0.241. The Kier molecular flexibility index (Phi) is 7.07. The maximum absolute atomic E-state index is 15.6. The van der Waals surface area contributed by atoms with Crippen LogP contribution < -0.4 is 20.3 Å². The standard InChI is InChI=1S/C29H27F2N9O2/c1-4-26(41)34-19-11-12-40(14-18(19)30)25-10-7-21-28(36-25)29(33-15-32-21)35-20-6-9-24(16(2)27(20)31)42-17-5-8-23-22(13-17)37-38-39(23)3/h4-10,13,15,18-19H,1,11-12,14H2,2-3H3,(H,34,41)(H,32,33,35)/t18-,19-/m0/s1. The van der Waals surface area contributed by atoms with E-state index in [4.69, 9.17) is 9.72 Å². The summed E-state index contributed by atoms with van der Waals surface area (Å²) in [5.41, 5.74) is 2.94. The molecule has 1 saturated heterocycles. The number of nitrogens with one attached hydrogen (secondary N) is 2. The highest BCUT2D eigenvalue weighted by atomic mass is 19.1. The van der Waals surface area contributed by atoms with E-state index in [1.807, 2.05) is 6.07 Å². The van der Waals surface area contributed by atoms with Crippen LogP contribution in [-0.4, -0.2) is 61.2 Å². The fourth-order valence-corrected chi connectivity index (χ4v) is 4.93. The molecule has 2 N–H and O–H groups in total. The molecule has 214 valence electrons. The molecule has 0 unspecified atom stereocenters. The molecule has 1 aliphatic rings. The number of nitrogens with zero attached hydrogens (tertiary/aromatic N) is 7. The molecular formula is C29H27F2N9O2. The highest BCUT2D eigenvalue weighted by Crippen LogP contribution is 2.34. The molecular weight excluding hydrogens is 544 g/mol. The Morgan fingerprint density at radius 2 is 2.02 bits per heavy atom. The van der Waals surface area contributed by atoms with Gasteiger partial charge in [0.15, 0.2) is 11.6 Å². The number of aromatic nitrogens is 6. The molecule has 13 heteroatoms. The number of hydrogen-bond acceptors (Lipinski definition) is 9. The summed E-state index contributed by atoms with van der Waals surface area (Å²) >= 11 is 0. The van der Waals surface area contributed by atoms with Gasteiger partial charge >= 0.3 is 0 Å². The van der Waals surface area contributed by atoms with Gasteiger partial charge in [-0.1, -0.05) is 11.8 Å². The van der Waals surface area contributed by atoms with E-state index in [0.717, 1.165) is 11.6 Å². The van der Waals surface area contributed by atoms with Crippen LogP contribution in [0.3, 0.4) is 0 Å². The maximum Gasteiger partial charge on any atom is 0.243 e. The Bertz CT molecular complexity index is 1830. The normalized spacial score (nSPS) is 16.9. The van der Waals surface area contributed by atoms with Gasteiger partial charge in [-0.25, -0.2) is 28.4 Å². The van der Waals surface area contributed by atoms with Crippen molar-refractivity contribution >= 4 is 45.3 Å². The number of anilines is 3. The number of benzene rings is 2. The number of rotatable bonds is 7. The minimum atomic E-state index is -1.29. The van der Waals surface area contributed by atoms with E-state index < -0.39 is 23.9 Å². The monoisotopic (exact) mass is 571 g/mol. The Balaban J connectivity index is 1.22. The number of halogens is 2. The van der Waals surface area contributed by atoms with Crippen molar-refractivity contribution in [2.24, 2.45) is 7.05 Å². The third-order valence-electron chi connectivity index (χ3n) is 7.25. The van der Waals surface area contributed by atoms with Gasteiger partial charge in [-0.05, 0) is 55.8 Å². The van der Waals surface area contributed by atoms with Crippen LogP contribution in [0.1, 0.15) is 12.0 Å². The van der Waals surface area contributed by atoms with Crippen LogP contribution >= 0.6 is 0 Å². The molecule has 1 aliphatic heterocycles. The van der Waals surface area contributed by atoms with E-state index in [2.05, 4.69) is 37.5 Å². The zero-order valence-corrected chi connectivity index (χ0v) is 22.9. The molecule has 0 aliphatic carbocycles. The second-order valence-electron chi connectivity index (χ2n) is 9.97. The van der Waals surface area contributed by atoms with E-state index in [1.54, 1.807) is 60.0 Å². The SMILES string of the molecule is C=CC(=O)N[C@H]1CCN(c2ccc3ncnc(Nc4ccc(Oc5ccc6c(c5)nnn6C)c(C)c4F)c3n2)C[C@@H]1F. The van der Waals surface area contributed by atoms with Crippen LogP contribution in [0.4, 0.5) is 26.1 Å². The molecule has 42 heavy (non-hydrogen) atoms. The Labute approximate surface area is 239 Å². The summed E-state index contributed by atoms with van der Waals surface area (Å²) in [4.78, 5) is 26.7. The van der Waals surface area contributed by atoms with Gasteiger partial charge in [0, 0.05) is 25.2 Å². The highest BCUT2D eigenvalue weighted by molar-refractivity contribution is 5.88. The minimum absolute atomic E-state index is 0.0517. The molecule has 0 bridgehead atoms. The largest absolute Gasteiger partial charge is 0.457 e. The van der Waals surface area contributed by atoms with Crippen molar-refractivity contribution < 1.29 is 18.3 Å². The number of alkyl halides is 1. The van der Waals surface area contributed by atoms with Crippen molar-refractivity contribution in [1.82, 2.24) is 35.3 Å². The molecule has 0 saturated carbocycles. The average molecular weight is 572 g/mol. The predicted molar refractivity (Wildman–Crippen MR) is 154 cm³/mol. The quantitative estimate of drug-likeness (QED) is 0.272. The smallest absolute Gasteiger partial charge is 0.243 e. The summed E-state index contributed by atoms with van der Waals surface area (Å²) < 4.78 is 38.0. The minimum Gasteiger partial charge on any atom is -0.457 e. The van der Waals surface area contributed by atoms with Gasteiger partial charge in [-0.15, -0.1) is 5.10 Å². The Morgan fingerprint density at radius 1 is 1.17 bits per heavy atom. The van der Waals surface area contributed by atoms with Crippen molar-refractivity contribution in [3.8, 4) is 11.5 Å². The first-order chi connectivity index (χ1) is 20.3. The van der Waals surface area contributed by atoms with E-state index in [-0.39, 0.29) is 12.2 Å². The van der Waals surface area contributed by atoms with Crippen molar-refractivity contribution in [3.05, 3.63) is 72.8 Å². The average Bonchev–Trinajstić information content (AvgIpc) is 3.37. The molecule has 0 radical (unpaired) electrons. The summed E-state index contributed by atoms with van der Waals surface area (Å²) in [6.45, 7) is 5.57. The van der Waals surface area contributed by atoms with Crippen LogP contribution in [0.5, 0.6) is 11.5 Å². The van der Waals surface area contributed by atoms with E-state index in [0.29, 0.717) is 58.2 Å². The van der Waals surface area contributed by atoms with Crippen molar-refractivity contribution in [3.63, 3.8) is 0 Å². The predicted octanol–water partition coefficient (Wildman–Crippen LogP) is 4.51. The van der Waals surface area contributed by atoms with Crippen LogP contribution in [-0.2, 0) is 11.8 Å². The highest BCUT2D eigenvalue weighted by Gasteiger charge is 2.30. The molecule has 6 rings (SSSR count). The second-order valence-corrected chi connectivity index (χ2v) is 9.97. The van der Waals surface area contributed by atoms with Gasteiger partial charge in [0.2, 0.25) is 5.91 Å². The lowest BCUT2D eigenvalue weighted by Crippen LogP contribution is -2.52. The first kappa shape index (κ1) is 27.0. The summed E-state index contributed by atoms with van der Waals surface area (Å²) in [6.07, 6.45) is 1.61. The van der Waals surface area contributed by atoms with E-state index in [9.17, 15) is 9.18 Å². The van der Waals surface area contributed by atoms with Crippen molar-refractivity contribution in [2.75, 3.05) is 23.3 Å². The zero-order valence-electron chi connectivity index (χ0n) is 22.9. The Hall–Kier alpha value is -5.20. The second kappa shape index (κ2) is 11.0.